The lowest BCUT2D eigenvalue weighted by Gasteiger charge is -2.19. The van der Waals surface area contributed by atoms with E-state index in [0.29, 0.717) is 6.07 Å². The highest BCUT2D eigenvalue weighted by Crippen LogP contribution is 2.33. The van der Waals surface area contributed by atoms with Crippen molar-refractivity contribution in [1.82, 2.24) is 0 Å². The lowest BCUT2D eigenvalue weighted by molar-refractivity contribution is -0.138. The van der Waals surface area contributed by atoms with Crippen molar-refractivity contribution in [1.29, 1.82) is 10.5 Å². The predicted octanol–water partition coefficient (Wildman–Crippen LogP) is 3.88. The Morgan fingerprint density at radius 2 is 1.60 bits per heavy atom. The molecule has 0 aliphatic carbocycles. The summed E-state index contributed by atoms with van der Waals surface area (Å²) in [5.41, 5.74) is -2.16. The minimum atomic E-state index is -4.51. The highest BCUT2D eigenvalue weighted by molar-refractivity contribution is 5.26. The second kappa shape index (κ2) is 5.87. The van der Waals surface area contributed by atoms with E-state index < -0.39 is 42.5 Å². The normalized spacial score (nSPS) is 11.8. The Kier molecular flexibility index (Phi) is 4.67. The molecular weight excluding hydrogens is 279 g/mol. The highest BCUT2D eigenvalue weighted by Gasteiger charge is 2.37. The summed E-state index contributed by atoms with van der Waals surface area (Å²) in [6.45, 7) is 0. The van der Waals surface area contributed by atoms with E-state index in [1.54, 1.807) is 0 Å². The molecule has 20 heavy (non-hydrogen) atoms. The fourth-order valence-electron chi connectivity index (χ4n) is 1.65. The van der Waals surface area contributed by atoms with Gasteiger partial charge in [-0.15, -0.1) is 0 Å². The molecule has 0 spiro atoms. The van der Waals surface area contributed by atoms with Gasteiger partial charge in [0.15, 0.2) is 0 Å². The average Bonchev–Trinajstić information content (AvgIpc) is 2.36. The Labute approximate surface area is 112 Å². The van der Waals surface area contributed by atoms with Crippen LogP contribution in [-0.2, 0) is 6.42 Å². The molecule has 0 N–H and O–H groups in total. The third-order valence-electron chi connectivity index (χ3n) is 2.77. The van der Waals surface area contributed by atoms with Crippen molar-refractivity contribution in [3.8, 4) is 12.1 Å². The van der Waals surface area contributed by atoms with Gasteiger partial charge in [-0.3, -0.25) is 0 Å². The molecule has 0 saturated carbocycles. The van der Waals surface area contributed by atoms with Crippen molar-refractivity contribution in [3.05, 3.63) is 35.4 Å². The van der Waals surface area contributed by atoms with Gasteiger partial charge in [-0.05, 0) is 18.1 Å². The first kappa shape index (κ1) is 15.9. The van der Waals surface area contributed by atoms with E-state index in [4.69, 9.17) is 10.5 Å². The number of hydrogen-bond donors (Lipinski definition) is 0. The summed E-state index contributed by atoms with van der Waals surface area (Å²) in [7, 11) is 0. The average molecular weight is 288 g/mol. The summed E-state index contributed by atoms with van der Waals surface area (Å²) < 4.78 is 62.7. The van der Waals surface area contributed by atoms with Crippen LogP contribution >= 0.6 is 0 Å². The standard InChI is InChI=1S/C13H9F5N2/c14-10-2-1-9(11(15)5-10)6-12(7-19,8-20)3-4-13(16,17)18/h1-2,5H,3-4,6H2. The predicted molar refractivity (Wildman–Crippen MR) is 59.0 cm³/mol. The molecule has 0 aliphatic rings. The van der Waals surface area contributed by atoms with Crippen LogP contribution in [0.2, 0.25) is 0 Å². The molecule has 2 nitrogen and oxygen atoms in total. The Bertz CT molecular complexity index is 552. The summed E-state index contributed by atoms with van der Waals surface area (Å²) in [5, 5.41) is 17.9. The van der Waals surface area contributed by atoms with Crippen molar-refractivity contribution in [2.24, 2.45) is 5.41 Å². The zero-order valence-corrected chi connectivity index (χ0v) is 10.1. The van der Waals surface area contributed by atoms with E-state index in [1.165, 1.54) is 12.1 Å². The zero-order chi connectivity index (χ0) is 15.4. The second-order valence-corrected chi connectivity index (χ2v) is 4.33. The van der Waals surface area contributed by atoms with Gasteiger partial charge in [0.25, 0.3) is 0 Å². The van der Waals surface area contributed by atoms with Crippen LogP contribution in [-0.4, -0.2) is 6.18 Å². The second-order valence-electron chi connectivity index (χ2n) is 4.33. The quantitative estimate of drug-likeness (QED) is 0.789. The summed E-state index contributed by atoms with van der Waals surface area (Å²) in [6.07, 6.45) is -7.13. The van der Waals surface area contributed by atoms with Gasteiger partial charge in [0.1, 0.15) is 17.0 Å². The summed E-state index contributed by atoms with van der Waals surface area (Å²) in [5.74, 6) is -1.84. The van der Waals surface area contributed by atoms with Crippen LogP contribution in [0.5, 0.6) is 0 Å². The molecule has 0 radical (unpaired) electrons. The number of nitriles is 2. The number of rotatable bonds is 4. The van der Waals surface area contributed by atoms with Crippen molar-refractivity contribution in [2.75, 3.05) is 0 Å². The van der Waals surface area contributed by atoms with Gasteiger partial charge >= 0.3 is 6.18 Å². The SMILES string of the molecule is N#CC(C#N)(CCC(F)(F)F)Cc1ccc(F)cc1F. The molecule has 0 bridgehead atoms. The van der Waals surface area contributed by atoms with Crippen LogP contribution in [0, 0.1) is 39.7 Å². The molecule has 0 saturated heterocycles. The van der Waals surface area contributed by atoms with Gasteiger partial charge in [0.2, 0.25) is 0 Å². The number of alkyl halides is 3. The lowest BCUT2D eigenvalue weighted by atomic mass is 9.80. The third kappa shape index (κ3) is 4.20. The Hall–Kier alpha value is -2.15. The van der Waals surface area contributed by atoms with Crippen LogP contribution in [0.3, 0.4) is 0 Å². The van der Waals surface area contributed by atoms with Crippen molar-refractivity contribution < 1.29 is 22.0 Å². The molecule has 7 heteroatoms. The lowest BCUT2D eigenvalue weighted by Crippen LogP contribution is -2.23. The molecule has 106 valence electrons. The van der Waals surface area contributed by atoms with Gasteiger partial charge < -0.3 is 0 Å². The van der Waals surface area contributed by atoms with Gasteiger partial charge in [0.05, 0.1) is 12.1 Å². The van der Waals surface area contributed by atoms with Crippen molar-refractivity contribution >= 4 is 0 Å². The van der Waals surface area contributed by atoms with Crippen molar-refractivity contribution in [3.63, 3.8) is 0 Å². The van der Waals surface area contributed by atoms with Crippen LogP contribution in [0.15, 0.2) is 18.2 Å². The molecule has 0 unspecified atom stereocenters. The third-order valence-corrected chi connectivity index (χ3v) is 2.77. The first-order chi connectivity index (χ1) is 9.21. The molecule has 0 aromatic heterocycles. The number of nitrogens with zero attached hydrogens (tertiary/aromatic N) is 2. The fourth-order valence-corrected chi connectivity index (χ4v) is 1.65. The van der Waals surface area contributed by atoms with Crippen LogP contribution in [0.4, 0.5) is 22.0 Å². The molecule has 0 atom stereocenters. The first-order valence-corrected chi connectivity index (χ1v) is 5.54. The van der Waals surface area contributed by atoms with E-state index in [-0.39, 0.29) is 5.56 Å². The van der Waals surface area contributed by atoms with Crippen molar-refractivity contribution in [2.45, 2.75) is 25.4 Å². The van der Waals surface area contributed by atoms with Gasteiger partial charge in [-0.1, -0.05) is 6.07 Å². The Balaban J connectivity index is 2.98. The smallest absolute Gasteiger partial charge is 0.207 e. The largest absolute Gasteiger partial charge is 0.389 e. The van der Waals surface area contributed by atoms with Crippen LogP contribution < -0.4 is 0 Å². The van der Waals surface area contributed by atoms with Crippen LogP contribution in [0.1, 0.15) is 18.4 Å². The summed E-state index contributed by atoms with van der Waals surface area (Å²) in [4.78, 5) is 0. The first-order valence-electron chi connectivity index (χ1n) is 5.54. The Morgan fingerprint density at radius 1 is 1.00 bits per heavy atom. The summed E-state index contributed by atoms with van der Waals surface area (Å²) >= 11 is 0. The maximum Gasteiger partial charge on any atom is 0.389 e. The monoisotopic (exact) mass is 288 g/mol. The minimum Gasteiger partial charge on any atom is -0.207 e. The van der Waals surface area contributed by atoms with Gasteiger partial charge in [-0.2, -0.15) is 23.7 Å². The maximum atomic E-state index is 13.4. The van der Waals surface area contributed by atoms with E-state index >= 15 is 0 Å². The fraction of sp³-hybridized carbons (Fsp3) is 0.385. The molecule has 0 fully saturated rings. The summed E-state index contributed by atoms with van der Waals surface area (Å²) in [6, 6.07) is 5.50. The highest BCUT2D eigenvalue weighted by atomic mass is 19.4. The molecule has 1 aromatic carbocycles. The zero-order valence-electron chi connectivity index (χ0n) is 10.1. The van der Waals surface area contributed by atoms with Crippen LogP contribution in [0.25, 0.3) is 0 Å². The van der Waals surface area contributed by atoms with Gasteiger partial charge in [0, 0.05) is 18.9 Å². The number of benzene rings is 1. The van der Waals surface area contributed by atoms with E-state index in [9.17, 15) is 22.0 Å². The number of hydrogen-bond acceptors (Lipinski definition) is 2. The molecule has 1 aromatic rings. The molecule has 0 amide bonds. The molecule has 1 rings (SSSR count). The molecular formula is C13H9F5N2. The topological polar surface area (TPSA) is 47.6 Å². The minimum absolute atomic E-state index is 0.170. The number of halogens is 5. The Morgan fingerprint density at radius 3 is 2.05 bits per heavy atom. The van der Waals surface area contributed by atoms with Gasteiger partial charge in [-0.25, -0.2) is 8.78 Å². The molecule has 0 aliphatic heterocycles. The maximum absolute atomic E-state index is 13.4. The van der Waals surface area contributed by atoms with E-state index in [2.05, 4.69) is 0 Å². The van der Waals surface area contributed by atoms with E-state index in [0.717, 1.165) is 12.1 Å². The van der Waals surface area contributed by atoms with E-state index in [1.807, 2.05) is 0 Å². The molecule has 0 heterocycles.